The highest BCUT2D eigenvalue weighted by molar-refractivity contribution is 8.14. The first-order valence-corrected chi connectivity index (χ1v) is 4.17. The Morgan fingerprint density at radius 3 is 2.44 bits per heavy atom. The molecule has 52 valence electrons. The normalized spacial score (nSPS) is 20.4. The van der Waals surface area contributed by atoms with Crippen LogP contribution in [0.4, 0.5) is 0 Å². The maximum absolute atomic E-state index is 7.00. The minimum absolute atomic E-state index is 0.280. The lowest BCUT2D eigenvalue weighted by Crippen LogP contribution is -2.09. The maximum Gasteiger partial charge on any atom is 0.151 e. The van der Waals surface area contributed by atoms with Crippen LogP contribution in [-0.4, -0.2) is 10.4 Å². The van der Waals surface area contributed by atoms with Gasteiger partial charge in [0.2, 0.25) is 0 Å². The van der Waals surface area contributed by atoms with Crippen molar-refractivity contribution in [3.8, 4) is 0 Å². The summed E-state index contributed by atoms with van der Waals surface area (Å²) in [5.41, 5.74) is 5.22. The van der Waals surface area contributed by atoms with E-state index in [-0.39, 0.29) is 5.17 Å². The van der Waals surface area contributed by atoms with Gasteiger partial charge in [-0.05, 0) is 12.8 Å². The number of nitrogens with two attached hydrogens (primary N) is 1. The summed E-state index contributed by atoms with van der Waals surface area (Å²) in [6.07, 6.45) is 5.16. The fourth-order valence-corrected chi connectivity index (χ4v) is 2.11. The Kier molecular flexibility index (Phi) is 2.39. The van der Waals surface area contributed by atoms with Crippen LogP contribution >= 0.6 is 11.8 Å². The zero-order valence-electron chi connectivity index (χ0n) is 5.39. The van der Waals surface area contributed by atoms with Gasteiger partial charge < -0.3 is 5.73 Å². The third-order valence-corrected chi connectivity index (χ3v) is 2.65. The van der Waals surface area contributed by atoms with Crippen LogP contribution in [0, 0.1) is 5.41 Å². The highest BCUT2D eigenvalue weighted by atomic mass is 32.2. The van der Waals surface area contributed by atoms with Crippen molar-refractivity contribution >= 4 is 16.9 Å². The summed E-state index contributed by atoms with van der Waals surface area (Å²) in [7, 11) is 0. The van der Waals surface area contributed by atoms with Gasteiger partial charge in [0, 0.05) is 5.25 Å². The molecular formula is C6H12N2S. The first-order chi connectivity index (χ1) is 4.29. The summed E-state index contributed by atoms with van der Waals surface area (Å²) in [6, 6.07) is 0. The molecule has 0 aromatic rings. The molecule has 3 heteroatoms. The zero-order valence-corrected chi connectivity index (χ0v) is 6.21. The van der Waals surface area contributed by atoms with Gasteiger partial charge in [-0.15, -0.1) is 0 Å². The van der Waals surface area contributed by atoms with E-state index in [9.17, 15) is 0 Å². The summed E-state index contributed by atoms with van der Waals surface area (Å²) in [4.78, 5) is 0. The molecule has 1 aliphatic carbocycles. The predicted octanol–water partition coefficient (Wildman–Crippen LogP) is 1.56. The Balaban J connectivity index is 2.19. The summed E-state index contributed by atoms with van der Waals surface area (Å²) < 4.78 is 0. The highest BCUT2D eigenvalue weighted by Gasteiger charge is 2.15. The number of rotatable bonds is 1. The predicted molar refractivity (Wildman–Crippen MR) is 41.8 cm³/mol. The van der Waals surface area contributed by atoms with Crippen LogP contribution in [0.3, 0.4) is 0 Å². The van der Waals surface area contributed by atoms with Crippen LogP contribution in [0.5, 0.6) is 0 Å². The highest BCUT2D eigenvalue weighted by Crippen LogP contribution is 2.28. The van der Waals surface area contributed by atoms with Crippen LogP contribution in [0.1, 0.15) is 25.7 Å². The van der Waals surface area contributed by atoms with Gasteiger partial charge in [0.25, 0.3) is 0 Å². The molecule has 0 unspecified atom stereocenters. The van der Waals surface area contributed by atoms with E-state index in [1.54, 1.807) is 0 Å². The van der Waals surface area contributed by atoms with Gasteiger partial charge >= 0.3 is 0 Å². The average Bonchev–Trinajstić information content (AvgIpc) is 2.15. The van der Waals surface area contributed by atoms with Gasteiger partial charge in [-0.1, -0.05) is 24.6 Å². The summed E-state index contributed by atoms with van der Waals surface area (Å²) in [5.74, 6) is 0. The van der Waals surface area contributed by atoms with Crippen molar-refractivity contribution in [2.45, 2.75) is 30.9 Å². The maximum atomic E-state index is 7.00. The molecule has 0 aromatic heterocycles. The van der Waals surface area contributed by atoms with Gasteiger partial charge in [-0.25, -0.2) is 0 Å². The van der Waals surface area contributed by atoms with Crippen LogP contribution in [-0.2, 0) is 0 Å². The minimum Gasteiger partial charge on any atom is -0.379 e. The van der Waals surface area contributed by atoms with Gasteiger partial charge in [-0.2, -0.15) is 0 Å². The lowest BCUT2D eigenvalue weighted by atomic mass is 10.4. The Morgan fingerprint density at radius 2 is 2.00 bits per heavy atom. The first kappa shape index (κ1) is 6.93. The second-order valence-corrected chi connectivity index (χ2v) is 3.73. The molecule has 1 rings (SSSR count). The quantitative estimate of drug-likeness (QED) is 0.433. The van der Waals surface area contributed by atoms with Crippen molar-refractivity contribution in [1.29, 1.82) is 5.41 Å². The van der Waals surface area contributed by atoms with Gasteiger partial charge in [0.1, 0.15) is 0 Å². The Morgan fingerprint density at radius 1 is 1.44 bits per heavy atom. The third-order valence-electron chi connectivity index (χ3n) is 1.60. The molecule has 0 saturated heterocycles. The van der Waals surface area contributed by atoms with E-state index < -0.39 is 0 Å². The number of amidine groups is 1. The second kappa shape index (κ2) is 3.11. The van der Waals surface area contributed by atoms with Gasteiger partial charge in [-0.3, -0.25) is 5.41 Å². The smallest absolute Gasteiger partial charge is 0.151 e. The van der Waals surface area contributed by atoms with E-state index in [4.69, 9.17) is 11.1 Å². The molecule has 0 aromatic carbocycles. The monoisotopic (exact) mass is 144 g/mol. The van der Waals surface area contributed by atoms with Crippen LogP contribution in [0.15, 0.2) is 0 Å². The number of nitrogens with one attached hydrogen (secondary N) is 1. The summed E-state index contributed by atoms with van der Waals surface area (Å²) in [5, 5.41) is 7.93. The lowest BCUT2D eigenvalue weighted by molar-refractivity contribution is 0.886. The molecule has 2 nitrogen and oxygen atoms in total. The van der Waals surface area contributed by atoms with E-state index in [1.165, 1.54) is 37.4 Å². The second-order valence-electron chi connectivity index (χ2n) is 2.39. The third kappa shape index (κ3) is 2.26. The average molecular weight is 144 g/mol. The van der Waals surface area contributed by atoms with Crippen molar-refractivity contribution < 1.29 is 0 Å². The van der Waals surface area contributed by atoms with Crippen LogP contribution in [0.25, 0.3) is 0 Å². The van der Waals surface area contributed by atoms with Crippen molar-refractivity contribution in [3.05, 3.63) is 0 Å². The summed E-state index contributed by atoms with van der Waals surface area (Å²) >= 11 is 1.52. The van der Waals surface area contributed by atoms with E-state index in [0.29, 0.717) is 5.25 Å². The zero-order chi connectivity index (χ0) is 6.69. The van der Waals surface area contributed by atoms with Crippen molar-refractivity contribution in [2.75, 3.05) is 0 Å². The lowest BCUT2D eigenvalue weighted by Gasteiger charge is -2.04. The molecule has 3 N–H and O–H groups in total. The largest absolute Gasteiger partial charge is 0.379 e. The van der Waals surface area contributed by atoms with Crippen LogP contribution < -0.4 is 5.73 Å². The van der Waals surface area contributed by atoms with Gasteiger partial charge in [0.05, 0.1) is 0 Å². The molecule has 0 bridgehead atoms. The van der Waals surface area contributed by atoms with E-state index in [2.05, 4.69) is 0 Å². The topological polar surface area (TPSA) is 49.9 Å². The number of thioether (sulfide) groups is 1. The fraction of sp³-hybridized carbons (Fsp3) is 0.833. The molecule has 1 fully saturated rings. The molecule has 0 spiro atoms. The molecule has 0 radical (unpaired) electrons. The molecular weight excluding hydrogens is 132 g/mol. The Labute approximate surface area is 59.7 Å². The Hall–Kier alpha value is -0.180. The van der Waals surface area contributed by atoms with E-state index >= 15 is 0 Å². The molecule has 1 saturated carbocycles. The fourth-order valence-electron chi connectivity index (χ4n) is 1.19. The standard InChI is InChI=1S/C6H12N2S/c7-6(8)9-5-3-1-2-4-5/h5H,1-4H2,(H3,7,8). The summed E-state index contributed by atoms with van der Waals surface area (Å²) in [6.45, 7) is 0. The number of hydrogen-bond acceptors (Lipinski definition) is 2. The van der Waals surface area contributed by atoms with E-state index in [1.807, 2.05) is 0 Å². The molecule has 1 aliphatic rings. The molecule has 0 atom stereocenters. The molecule has 0 amide bonds. The van der Waals surface area contributed by atoms with Gasteiger partial charge in [0.15, 0.2) is 5.17 Å². The van der Waals surface area contributed by atoms with E-state index in [0.717, 1.165) is 0 Å². The molecule has 0 heterocycles. The SMILES string of the molecule is N=C(N)SC1CCCC1. The van der Waals surface area contributed by atoms with Crippen molar-refractivity contribution in [3.63, 3.8) is 0 Å². The van der Waals surface area contributed by atoms with Crippen molar-refractivity contribution in [2.24, 2.45) is 5.73 Å². The molecule has 9 heavy (non-hydrogen) atoms. The van der Waals surface area contributed by atoms with Crippen LogP contribution in [0.2, 0.25) is 0 Å². The minimum atomic E-state index is 0.280. The Bertz CT molecular complexity index is 108. The number of hydrogen-bond donors (Lipinski definition) is 2. The molecule has 0 aliphatic heterocycles. The first-order valence-electron chi connectivity index (χ1n) is 3.29. The van der Waals surface area contributed by atoms with Crippen molar-refractivity contribution in [1.82, 2.24) is 0 Å².